The molecule has 216 valence electrons. The van der Waals surface area contributed by atoms with Crippen molar-refractivity contribution in [3.8, 4) is 0 Å². The van der Waals surface area contributed by atoms with E-state index in [-0.39, 0.29) is 0 Å². The molecule has 2 saturated carbocycles. The molecule has 0 radical (unpaired) electrons. The summed E-state index contributed by atoms with van der Waals surface area (Å²) in [6, 6.07) is 0. The maximum atomic E-state index is 7.12. The summed E-state index contributed by atoms with van der Waals surface area (Å²) in [6.45, 7) is 2.09. The highest BCUT2D eigenvalue weighted by Gasteiger charge is 2.46. The number of ether oxygens (including phenoxy) is 1. The lowest BCUT2D eigenvalue weighted by Crippen LogP contribution is -2.44. The topological polar surface area (TPSA) is 9.23 Å². The molecule has 0 spiro atoms. The molecule has 0 aromatic carbocycles. The van der Waals surface area contributed by atoms with Crippen LogP contribution in [0.15, 0.2) is 48.6 Å². The van der Waals surface area contributed by atoms with E-state index in [2.05, 4.69) is 48.6 Å². The average Bonchev–Trinajstić information content (AvgIpc) is 3.03. The lowest BCUT2D eigenvalue weighted by atomic mass is 9.58. The van der Waals surface area contributed by atoms with Crippen LogP contribution in [0.4, 0.5) is 0 Å². The smallest absolute Gasteiger partial charge is 0.0525 e. The van der Waals surface area contributed by atoms with Gasteiger partial charge in [0.15, 0.2) is 0 Å². The van der Waals surface area contributed by atoms with Crippen LogP contribution in [0.5, 0.6) is 0 Å². The van der Waals surface area contributed by atoms with Gasteiger partial charge in [0.1, 0.15) is 0 Å². The molecule has 0 heterocycles. The fraction of sp³-hybridized carbons (Fsp3) is 0.789. The van der Waals surface area contributed by atoms with Crippen molar-refractivity contribution >= 4 is 0 Å². The minimum Gasteiger partial charge on any atom is -0.380 e. The van der Waals surface area contributed by atoms with E-state index >= 15 is 0 Å². The molecule has 1 nitrogen and oxygen atoms in total. The zero-order valence-electron chi connectivity index (χ0n) is 25.0. The largest absolute Gasteiger partial charge is 0.380 e. The second kappa shape index (κ2) is 13.3. The molecule has 6 rings (SSSR count). The van der Waals surface area contributed by atoms with Crippen LogP contribution in [-0.2, 0) is 4.74 Å². The van der Waals surface area contributed by atoms with E-state index in [4.69, 9.17) is 4.74 Å². The zero-order chi connectivity index (χ0) is 26.4. The summed E-state index contributed by atoms with van der Waals surface area (Å²) in [7, 11) is 0. The van der Waals surface area contributed by atoms with Gasteiger partial charge in [0.05, 0.1) is 13.2 Å². The highest BCUT2D eigenvalue weighted by molar-refractivity contribution is 5.03. The lowest BCUT2D eigenvalue weighted by molar-refractivity contribution is -0.0889. The molecule has 0 bridgehead atoms. The Morgan fingerprint density at radius 2 is 0.795 bits per heavy atom. The fourth-order valence-corrected chi connectivity index (χ4v) is 10.4. The molecule has 39 heavy (non-hydrogen) atoms. The first-order valence-electron chi connectivity index (χ1n) is 17.4. The van der Waals surface area contributed by atoms with Crippen LogP contribution in [-0.4, -0.2) is 13.2 Å². The molecule has 0 aromatic heterocycles. The summed E-state index contributed by atoms with van der Waals surface area (Å²) in [4.78, 5) is 0. The summed E-state index contributed by atoms with van der Waals surface area (Å²) in [5.41, 5.74) is 0.871. The molecule has 0 aromatic rings. The second-order valence-corrected chi connectivity index (χ2v) is 14.9. The Morgan fingerprint density at radius 1 is 0.410 bits per heavy atom. The highest BCUT2D eigenvalue weighted by Crippen LogP contribution is 2.54. The summed E-state index contributed by atoms with van der Waals surface area (Å²) in [6.07, 6.45) is 47.4. The maximum Gasteiger partial charge on any atom is 0.0525 e. The van der Waals surface area contributed by atoms with E-state index in [1.165, 1.54) is 128 Å². The van der Waals surface area contributed by atoms with Gasteiger partial charge in [-0.3, -0.25) is 0 Å². The van der Waals surface area contributed by atoms with Gasteiger partial charge in [0.25, 0.3) is 0 Å². The molecule has 0 saturated heterocycles. The van der Waals surface area contributed by atoms with Gasteiger partial charge in [-0.25, -0.2) is 0 Å². The minimum atomic E-state index is 0.436. The van der Waals surface area contributed by atoms with E-state index in [0.29, 0.717) is 10.8 Å². The van der Waals surface area contributed by atoms with Gasteiger partial charge in [-0.15, -0.1) is 0 Å². The van der Waals surface area contributed by atoms with Crippen LogP contribution in [0.3, 0.4) is 0 Å². The first kappa shape index (κ1) is 28.1. The molecular formula is C38H58O. The average molecular weight is 531 g/mol. The summed E-state index contributed by atoms with van der Waals surface area (Å²) >= 11 is 0. The van der Waals surface area contributed by atoms with Crippen molar-refractivity contribution in [2.75, 3.05) is 13.2 Å². The van der Waals surface area contributed by atoms with Gasteiger partial charge in [-0.1, -0.05) is 48.6 Å². The van der Waals surface area contributed by atoms with Crippen LogP contribution >= 0.6 is 0 Å². The quantitative estimate of drug-likeness (QED) is 0.284. The minimum absolute atomic E-state index is 0.436. The molecule has 4 atom stereocenters. The van der Waals surface area contributed by atoms with E-state index in [0.717, 1.165) is 48.7 Å². The monoisotopic (exact) mass is 530 g/mol. The Kier molecular flexibility index (Phi) is 9.55. The summed E-state index contributed by atoms with van der Waals surface area (Å²) in [5.74, 6) is 5.53. The Labute approximate surface area is 241 Å². The van der Waals surface area contributed by atoms with Crippen LogP contribution in [0.1, 0.15) is 128 Å². The van der Waals surface area contributed by atoms with E-state index in [9.17, 15) is 0 Å². The Balaban J connectivity index is 1.11. The molecule has 2 fully saturated rings. The van der Waals surface area contributed by atoms with Gasteiger partial charge in [-0.05, 0) is 175 Å². The predicted molar refractivity (Wildman–Crippen MR) is 166 cm³/mol. The molecule has 0 amide bonds. The third kappa shape index (κ3) is 6.55. The number of hydrogen-bond acceptors (Lipinski definition) is 1. The number of hydrogen-bond donors (Lipinski definition) is 0. The first-order valence-corrected chi connectivity index (χ1v) is 17.4. The molecule has 1 heteroatoms. The Bertz CT molecular complexity index is 802. The van der Waals surface area contributed by atoms with Crippen LogP contribution in [0.2, 0.25) is 0 Å². The number of allylic oxidation sites excluding steroid dienone is 8. The highest BCUT2D eigenvalue weighted by atomic mass is 16.5. The van der Waals surface area contributed by atoms with E-state index in [1.54, 1.807) is 0 Å². The first-order chi connectivity index (χ1) is 19.3. The third-order valence-electron chi connectivity index (χ3n) is 13.1. The van der Waals surface area contributed by atoms with E-state index < -0.39 is 0 Å². The summed E-state index contributed by atoms with van der Waals surface area (Å²) in [5, 5.41) is 0. The van der Waals surface area contributed by atoms with Crippen molar-refractivity contribution in [3.05, 3.63) is 48.6 Å². The van der Waals surface area contributed by atoms with Gasteiger partial charge >= 0.3 is 0 Å². The van der Waals surface area contributed by atoms with Crippen molar-refractivity contribution < 1.29 is 4.74 Å². The van der Waals surface area contributed by atoms with Crippen molar-refractivity contribution in [3.63, 3.8) is 0 Å². The predicted octanol–water partition coefficient (Wildman–Crippen LogP) is 10.8. The number of rotatable bonds is 8. The van der Waals surface area contributed by atoms with Gasteiger partial charge < -0.3 is 4.74 Å². The standard InChI is InChI=1S/C38H58O/c1-5-13-31(14-6-1)33-21-25-37(26-22-33,35-17-9-3-10-18-35)29-39-30-38(36-19-11-4-12-20-36)27-23-34(24-28-38)32-15-7-2-8-16-32/h1-5,7,9,11,31-36H,6,8,10,12-30H2. The van der Waals surface area contributed by atoms with Crippen molar-refractivity contribution in [2.45, 2.75) is 128 Å². The lowest BCUT2D eigenvalue weighted by Gasteiger charge is -2.50. The third-order valence-corrected chi connectivity index (χ3v) is 13.1. The Morgan fingerprint density at radius 3 is 1.13 bits per heavy atom. The van der Waals surface area contributed by atoms with Crippen molar-refractivity contribution in [1.29, 1.82) is 0 Å². The van der Waals surface area contributed by atoms with E-state index in [1.807, 2.05) is 0 Å². The van der Waals surface area contributed by atoms with Crippen LogP contribution in [0.25, 0.3) is 0 Å². The maximum absolute atomic E-state index is 7.12. The van der Waals surface area contributed by atoms with Gasteiger partial charge in [-0.2, -0.15) is 0 Å². The molecular weight excluding hydrogens is 472 g/mol. The molecule has 6 aliphatic carbocycles. The molecule has 0 N–H and O–H groups in total. The second-order valence-electron chi connectivity index (χ2n) is 14.9. The molecule has 4 unspecified atom stereocenters. The van der Waals surface area contributed by atoms with Gasteiger partial charge in [0.2, 0.25) is 0 Å². The fourth-order valence-electron chi connectivity index (χ4n) is 10.4. The SMILES string of the molecule is C1=CCC(C2CCC(COCC3(C4CC=CCC4)CCC(C4CC=CCC4)CC3)(C3CC=CCC3)CC2)CC1. The van der Waals surface area contributed by atoms with Gasteiger partial charge in [0, 0.05) is 0 Å². The molecule has 0 aliphatic heterocycles. The van der Waals surface area contributed by atoms with Crippen molar-refractivity contribution in [1.82, 2.24) is 0 Å². The van der Waals surface area contributed by atoms with Crippen molar-refractivity contribution in [2.24, 2.45) is 46.3 Å². The van der Waals surface area contributed by atoms with Crippen LogP contribution < -0.4 is 0 Å². The summed E-state index contributed by atoms with van der Waals surface area (Å²) < 4.78 is 7.12. The Hall–Kier alpha value is -1.08. The molecule has 6 aliphatic rings. The van der Waals surface area contributed by atoms with Crippen LogP contribution in [0, 0.1) is 46.3 Å². The zero-order valence-corrected chi connectivity index (χ0v) is 25.0. The normalized spacial score (nSPS) is 43.0.